The SMILES string of the molecule is CN(C)CCNCc1cccn1-c1nccs1. The Hall–Kier alpha value is -1.17. The normalized spacial score (nSPS) is 11.2. The van der Waals surface area contributed by atoms with Crippen LogP contribution in [-0.2, 0) is 6.54 Å². The molecule has 0 fully saturated rings. The van der Waals surface area contributed by atoms with E-state index in [1.165, 1.54) is 5.69 Å². The van der Waals surface area contributed by atoms with E-state index in [0.29, 0.717) is 0 Å². The summed E-state index contributed by atoms with van der Waals surface area (Å²) in [5.41, 5.74) is 1.25. The van der Waals surface area contributed by atoms with Gasteiger partial charge in [-0.25, -0.2) is 4.98 Å². The number of hydrogen-bond acceptors (Lipinski definition) is 4. The number of rotatable bonds is 6. The van der Waals surface area contributed by atoms with Crippen LogP contribution in [0.4, 0.5) is 0 Å². The summed E-state index contributed by atoms with van der Waals surface area (Å²) >= 11 is 1.65. The van der Waals surface area contributed by atoms with Crippen molar-refractivity contribution in [3.8, 4) is 5.13 Å². The summed E-state index contributed by atoms with van der Waals surface area (Å²) in [5.74, 6) is 0. The van der Waals surface area contributed by atoms with Crippen LogP contribution in [0.3, 0.4) is 0 Å². The van der Waals surface area contributed by atoms with Gasteiger partial charge in [0.15, 0.2) is 5.13 Å². The molecule has 2 rings (SSSR count). The monoisotopic (exact) mass is 250 g/mol. The van der Waals surface area contributed by atoms with Crippen LogP contribution in [0.15, 0.2) is 29.9 Å². The Morgan fingerprint density at radius 3 is 3.06 bits per heavy atom. The molecule has 0 aliphatic carbocycles. The third kappa shape index (κ3) is 3.39. The molecular formula is C12H18N4S. The predicted octanol–water partition coefficient (Wildman–Crippen LogP) is 1.58. The molecule has 5 heteroatoms. The smallest absolute Gasteiger partial charge is 0.193 e. The highest BCUT2D eigenvalue weighted by Crippen LogP contribution is 2.14. The van der Waals surface area contributed by atoms with Gasteiger partial charge >= 0.3 is 0 Å². The summed E-state index contributed by atoms with van der Waals surface area (Å²) in [5, 5.41) is 6.46. The lowest BCUT2D eigenvalue weighted by Gasteiger charge is -2.11. The fraction of sp³-hybridized carbons (Fsp3) is 0.417. The Morgan fingerprint density at radius 1 is 1.47 bits per heavy atom. The average molecular weight is 250 g/mol. The minimum Gasteiger partial charge on any atom is -0.310 e. The van der Waals surface area contributed by atoms with Crippen molar-refractivity contribution in [2.45, 2.75) is 6.54 Å². The Bertz CT molecular complexity index is 433. The first-order valence-corrected chi connectivity index (χ1v) is 6.57. The van der Waals surface area contributed by atoms with E-state index in [1.807, 2.05) is 11.6 Å². The summed E-state index contributed by atoms with van der Waals surface area (Å²) in [6.07, 6.45) is 3.89. The minimum atomic E-state index is 0.875. The van der Waals surface area contributed by atoms with Gasteiger partial charge in [0.05, 0.1) is 0 Å². The van der Waals surface area contributed by atoms with Crippen molar-refractivity contribution in [1.82, 2.24) is 19.8 Å². The van der Waals surface area contributed by atoms with Gasteiger partial charge in [-0.15, -0.1) is 11.3 Å². The molecule has 92 valence electrons. The van der Waals surface area contributed by atoms with Gasteiger partial charge in [-0.1, -0.05) is 0 Å². The van der Waals surface area contributed by atoms with Crippen LogP contribution >= 0.6 is 11.3 Å². The summed E-state index contributed by atoms with van der Waals surface area (Å²) in [6.45, 7) is 2.93. The van der Waals surface area contributed by atoms with E-state index in [1.54, 1.807) is 11.3 Å². The van der Waals surface area contributed by atoms with E-state index < -0.39 is 0 Å². The molecule has 0 aliphatic heterocycles. The number of nitrogens with one attached hydrogen (secondary N) is 1. The van der Waals surface area contributed by atoms with Crippen LogP contribution in [0.1, 0.15) is 5.69 Å². The largest absolute Gasteiger partial charge is 0.310 e. The van der Waals surface area contributed by atoms with Crippen LogP contribution < -0.4 is 5.32 Å². The zero-order chi connectivity index (χ0) is 12.1. The van der Waals surface area contributed by atoms with Crippen LogP contribution in [-0.4, -0.2) is 41.6 Å². The quantitative estimate of drug-likeness (QED) is 0.790. The second kappa shape index (κ2) is 5.95. The number of nitrogens with zero attached hydrogens (tertiary/aromatic N) is 3. The number of likely N-dealkylation sites (N-methyl/N-ethyl adjacent to an activating group) is 1. The van der Waals surface area contributed by atoms with Crippen LogP contribution in [0.25, 0.3) is 5.13 Å². The van der Waals surface area contributed by atoms with Crippen molar-refractivity contribution in [1.29, 1.82) is 0 Å². The van der Waals surface area contributed by atoms with Crippen LogP contribution in [0, 0.1) is 0 Å². The maximum Gasteiger partial charge on any atom is 0.193 e. The fourth-order valence-electron chi connectivity index (χ4n) is 1.60. The topological polar surface area (TPSA) is 33.1 Å². The van der Waals surface area contributed by atoms with Crippen molar-refractivity contribution in [2.24, 2.45) is 0 Å². The Kier molecular flexibility index (Phi) is 4.30. The number of aromatic nitrogens is 2. The highest BCUT2D eigenvalue weighted by Gasteiger charge is 2.04. The van der Waals surface area contributed by atoms with E-state index in [4.69, 9.17) is 0 Å². The molecule has 1 N–H and O–H groups in total. The highest BCUT2D eigenvalue weighted by molar-refractivity contribution is 7.12. The third-order valence-electron chi connectivity index (χ3n) is 2.50. The lowest BCUT2D eigenvalue weighted by atomic mass is 10.4. The molecule has 17 heavy (non-hydrogen) atoms. The Morgan fingerprint density at radius 2 is 2.35 bits per heavy atom. The first kappa shape index (κ1) is 12.3. The molecule has 2 heterocycles. The molecule has 0 atom stereocenters. The summed E-state index contributed by atoms with van der Waals surface area (Å²) in [7, 11) is 4.17. The number of hydrogen-bond donors (Lipinski definition) is 1. The molecule has 0 radical (unpaired) electrons. The summed E-state index contributed by atoms with van der Waals surface area (Å²) < 4.78 is 2.13. The molecule has 0 saturated heterocycles. The molecule has 0 bridgehead atoms. The highest BCUT2D eigenvalue weighted by atomic mass is 32.1. The van der Waals surface area contributed by atoms with E-state index in [2.05, 4.69) is 52.2 Å². The second-order valence-corrected chi connectivity index (χ2v) is 5.04. The molecule has 4 nitrogen and oxygen atoms in total. The van der Waals surface area contributed by atoms with Crippen LogP contribution in [0.5, 0.6) is 0 Å². The van der Waals surface area contributed by atoms with Crippen LogP contribution in [0.2, 0.25) is 0 Å². The van der Waals surface area contributed by atoms with Crippen molar-refractivity contribution in [3.63, 3.8) is 0 Å². The van der Waals surface area contributed by atoms with Crippen molar-refractivity contribution in [3.05, 3.63) is 35.6 Å². The summed E-state index contributed by atoms with van der Waals surface area (Å²) in [6, 6.07) is 4.19. The predicted molar refractivity (Wildman–Crippen MR) is 71.7 cm³/mol. The molecule has 0 aromatic carbocycles. The first-order valence-electron chi connectivity index (χ1n) is 5.69. The number of thiazole rings is 1. The molecule has 0 saturated carbocycles. The van der Waals surface area contributed by atoms with Gasteiger partial charge in [-0.05, 0) is 26.2 Å². The van der Waals surface area contributed by atoms with E-state index >= 15 is 0 Å². The van der Waals surface area contributed by atoms with Gasteiger partial charge < -0.3 is 10.2 Å². The van der Waals surface area contributed by atoms with Gasteiger partial charge in [0, 0.05) is 43.1 Å². The lowest BCUT2D eigenvalue weighted by Crippen LogP contribution is -2.26. The lowest BCUT2D eigenvalue weighted by molar-refractivity contribution is 0.399. The van der Waals surface area contributed by atoms with Gasteiger partial charge in [0.25, 0.3) is 0 Å². The second-order valence-electron chi connectivity index (χ2n) is 4.16. The Labute approximate surface area is 106 Å². The zero-order valence-corrected chi connectivity index (χ0v) is 11.1. The van der Waals surface area contributed by atoms with Gasteiger partial charge in [-0.2, -0.15) is 0 Å². The standard InChI is InChI=1S/C12H18N4S/c1-15(2)8-5-13-10-11-4-3-7-16(11)12-14-6-9-17-12/h3-4,6-7,9,13H,5,8,10H2,1-2H3. The molecule has 0 aliphatic rings. The van der Waals surface area contributed by atoms with E-state index in [-0.39, 0.29) is 0 Å². The van der Waals surface area contributed by atoms with Gasteiger partial charge in [0.1, 0.15) is 0 Å². The van der Waals surface area contributed by atoms with E-state index in [9.17, 15) is 0 Å². The van der Waals surface area contributed by atoms with E-state index in [0.717, 1.165) is 24.8 Å². The van der Waals surface area contributed by atoms with Crippen molar-refractivity contribution >= 4 is 11.3 Å². The zero-order valence-electron chi connectivity index (χ0n) is 10.3. The summed E-state index contributed by atoms with van der Waals surface area (Å²) in [4.78, 5) is 6.49. The van der Waals surface area contributed by atoms with Crippen molar-refractivity contribution < 1.29 is 0 Å². The maximum atomic E-state index is 4.32. The molecule has 2 aromatic heterocycles. The average Bonchev–Trinajstić information content (AvgIpc) is 2.94. The van der Waals surface area contributed by atoms with Gasteiger partial charge in [0.2, 0.25) is 0 Å². The maximum absolute atomic E-state index is 4.32. The molecule has 0 amide bonds. The first-order chi connectivity index (χ1) is 8.27. The minimum absolute atomic E-state index is 0.875. The van der Waals surface area contributed by atoms with Gasteiger partial charge in [-0.3, -0.25) is 4.57 Å². The Balaban J connectivity index is 1.91. The molecule has 0 unspecified atom stereocenters. The van der Waals surface area contributed by atoms with Crippen molar-refractivity contribution in [2.75, 3.05) is 27.2 Å². The molecule has 0 spiro atoms. The molecule has 2 aromatic rings. The fourth-order valence-corrected chi connectivity index (χ4v) is 2.26. The third-order valence-corrected chi connectivity index (χ3v) is 3.27. The molecular weight excluding hydrogens is 232 g/mol.